The predicted molar refractivity (Wildman–Crippen MR) is 81.3 cm³/mol. The Labute approximate surface area is 133 Å². The normalized spacial score (nSPS) is 25.9. The highest BCUT2D eigenvalue weighted by Gasteiger charge is 2.40. The molecule has 2 aliphatic carbocycles. The SMILES string of the molecule is O=C(COC(=O)C[C@@H]1C[C@@H]2CC[C@@H]1C2)NC(=O)c1cccs1. The van der Waals surface area contributed by atoms with Crippen molar-refractivity contribution in [1.82, 2.24) is 5.32 Å². The monoisotopic (exact) mass is 321 g/mol. The van der Waals surface area contributed by atoms with E-state index in [1.165, 1.54) is 30.6 Å². The van der Waals surface area contributed by atoms with Gasteiger partial charge < -0.3 is 4.74 Å². The second-order valence-corrected chi connectivity index (χ2v) is 7.10. The smallest absolute Gasteiger partial charge is 0.306 e. The van der Waals surface area contributed by atoms with E-state index in [4.69, 9.17) is 4.74 Å². The highest BCUT2D eigenvalue weighted by Crippen LogP contribution is 2.49. The molecule has 0 unspecified atom stereocenters. The summed E-state index contributed by atoms with van der Waals surface area (Å²) in [5, 5.41) is 3.97. The fourth-order valence-corrected chi connectivity index (χ4v) is 4.30. The molecule has 0 aromatic carbocycles. The number of carbonyl (C=O) groups is 3. The first-order valence-corrected chi connectivity index (χ1v) is 8.53. The van der Waals surface area contributed by atoms with Crippen molar-refractivity contribution in [2.24, 2.45) is 17.8 Å². The minimum absolute atomic E-state index is 0.337. The standard InChI is InChI=1S/C16H19NO4S/c18-14(17-16(20)13-2-1-5-22-13)9-21-15(19)8-12-7-10-3-4-11(12)6-10/h1-2,5,10-12H,3-4,6-9H2,(H,17,18,20)/t10-,11-,12+/m1/s1. The van der Waals surface area contributed by atoms with E-state index in [0.29, 0.717) is 23.1 Å². The number of esters is 1. The van der Waals surface area contributed by atoms with Crippen LogP contribution in [0.1, 0.15) is 41.8 Å². The van der Waals surface area contributed by atoms with Gasteiger partial charge in [-0.25, -0.2) is 0 Å². The summed E-state index contributed by atoms with van der Waals surface area (Å²) in [4.78, 5) is 35.5. The molecule has 6 heteroatoms. The van der Waals surface area contributed by atoms with E-state index in [-0.39, 0.29) is 5.97 Å². The average molecular weight is 321 g/mol. The van der Waals surface area contributed by atoms with E-state index >= 15 is 0 Å². The summed E-state index contributed by atoms with van der Waals surface area (Å²) < 4.78 is 4.99. The Morgan fingerprint density at radius 1 is 1.27 bits per heavy atom. The van der Waals surface area contributed by atoms with Gasteiger partial charge in [-0.3, -0.25) is 19.7 Å². The molecule has 1 N–H and O–H groups in total. The average Bonchev–Trinajstić information content (AvgIpc) is 3.22. The van der Waals surface area contributed by atoms with Gasteiger partial charge >= 0.3 is 5.97 Å². The molecule has 1 aromatic heterocycles. The summed E-state index contributed by atoms with van der Waals surface area (Å²) in [5.41, 5.74) is 0. The minimum Gasteiger partial charge on any atom is -0.456 e. The van der Waals surface area contributed by atoms with Crippen molar-refractivity contribution < 1.29 is 19.1 Å². The molecule has 118 valence electrons. The zero-order valence-electron chi connectivity index (χ0n) is 12.2. The van der Waals surface area contributed by atoms with Gasteiger partial charge in [0.25, 0.3) is 11.8 Å². The van der Waals surface area contributed by atoms with Gasteiger partial charge in [-0.2, -0.15) is 0 Å². The quantitative estimate of drug-likeness (QED) is 0.845. The Morgan fingerprint density at radius 3 is 2.77 bits per heavy atom. The third-order valence-electron chi connectivity index (χ3n) is 4.68. The van der Waals surface area contributed by atoms with Crippen LogP contribution in [0.25, 0.3) is 0 Å². The van der Waals surface area contributed by atoms with Gasteiger partial charge in [-0.15, -0.1) is 11.3 Å². The molecule has 0 spiro atoms. The zero-order valence-corrected chi connectivity index (χ0v) is 13.1. The minimum atomic E-state index is -0.584. The lowest BCUT2D eigenvalue weighted by molar-refractivity contribution is -0.149. The van der Waals surface area contributed by atoms with Crippen molar-refractivity contribution in [2.45, 2.75) is 32.1 Å². The van der Waals surface area contributed by atoms with Crippen molar-refractivity contribution >= 4 is 29.1 Å². The van der Waals surface area contributed by atoms with Crippen LogP contribution < -0.4 is 5.32 Å². The molecule has 2 bridgehead atoms. The topological polar surface area (TPSA) is 72.5 Å². The molecule has 0 radical (unpaired) electrons. The van der Waals surface area contributed by atoms with Crippen molar-refractivity contribution in [3.05, 3.63) is 22.4 Å². The second-order valence-electron chi connectivity index (χ2n) is 6.15. The number of hydrogen-bond donors (Lipinski definition) is 1. The fraction of sp³-hybridized carbons (Fsp3) is 0.562. The maximum atomic E-state index is 11.8. The first-order chi connectivity index (χ1) is 10.6. The summed E-state index contributed by atoms with van der Waals surface area (Å²) in [6.45, 7) is -0.392. The van der Waals surface area contributed by atoms with Crippen molar-refractivity contribution in [2.75, 3.05) is 6.61 Å². The number of imide groups is 1. The van der Waals surface area contributed by atoms with Crippen LogP contribution in [0.4, 0.5) is 0 Å². The highest BCUT2D eigenvalue weighted by molar-refractivity contribution is 7.12. The van der Waals surface area contributed by atoms with Gasteiger partial charge in [0.2, 0.25) is 0 Å². The summed E-state index contributed by atoms with van der Waals surface area (Å²) in [6, 6.07) is 3.37. The third-order valence-corrected chi connectivity index (χ3v) is 5.54. The van der Waals surface area contributed by atoms with Crippen molar-refractivity contribution in [3.63, 3.8) is 0 Å². The van der Waals surface area contributed by atoms with E-state index in [1.807, 2.05) is 0 Å². The predicted octanol–water partition coefficient (Wildman–Crippen LogP) is 2.37. The maximum absolute atomic E-state index is 11.8. The molecule has 0 aliphatic heterocycles. The van der Waals surface area contributed by atoms with Gasteiger partial charge in [-0.1, -0.05) is 12.5 Å². The lowest BCUT2D eigenvalue weighted by Gasteiger charge is -2.20. The van der Waals surface area contributed by atoms with Gasteiger partial charge in [0.15, 0.2) is 6.61 Å². The largest absolute Gasteiger partial charge is 0.456 e. The summed E-state index contributed by atoms with van der Waals surface area (Å²) >= 11 is 1.25. The number of rotatable bonds is 5. The number of fused-ring (bicyclic) bond motifs is 2. The second kappa shape index (κ2) is 6.60. The van der Waals surface area contributed by atoms with E-state index < -0.39 is 18.4 Å². The van der Waals surface area contributed by atoms with Crippen LogP contribution in [0.3, 0.4) is 0 Å². The van der Waals surface area contributed by atoms with Crippen LogP contribution in [0.15, 0.2) is 17.5 Å². The van der Waals surface area contributed by atoms with Gasteiger partial charge in [0.1, 0.15) is 0 Å². The van der Waals surface area contributed by atoms with Crippen molar-refractivity contribution in [1.29, 1.82) is 0 Å². The zero-order chi connectivity index (χ0) is 15.5. The lowest BCUT2D eigenvalue weighted by Crippen LogP contribution is -2.34. The number of carbonyl (C=O) groups excluding carboxylic acids is 3. The van der Waals surface area contributed by atoms with Gasteiger partial charge in [0, 0.05) is 6.42 Å². The Morgan fingerprint density at radius 2 is 2.14 bits per heavy atom. The van der Waals surface area contributed by atoms with Crippen LogP contribution in [0.2, 0.25) is 0 Å². The van der Waals surface area contributed by atoms with Crippen LogP contribution in [-0.2, 0) is 14.3 Å². The summed E-state index contributed by atoms with van der Waals surface area (Å²) in [6.07, 6.45) is 5.27. The fourth-order valence-electron chi connectivity index (χ4n) is 3.68. The van der Waals surface area contributed by atoms with Crippen molar-refractivity contribution in [3.8, 4) is 0 Å². The Bertz CT molecular complexity index is 569. The number of thiophene rings is 1. The number of amides is 2. The first-order valence-electron chi connectivity index (χ1n) is 7.65. The van der Waals surface area contributed by atoms with E-state index in [0.717, 1.165) is 12.3 Å². The van der Waals surface area contributed by atoms with E-state index in [1.54, 1.807) is 17.5 Å². The molecule has 1 aromatic rings. The van der Waals surface area contributed by atoms with Crippen LogP contribution >= 0.6 is 11.3 Å². The Hall–Kier alpha value is -1.69. The molecule has 2 amide bonds. The molecule has 22 heavy (non-hydrogen) atoms. The highest BCUT2D eigenvalue weighted by atomic mass is 32.1. The summed E-state index contributed by atoms with van der Waals surface area (Å²) in [7, 11) is 0. The van der Waals surface area contributed by atoms with E-state index in [9.17, 15) is 14.4 Å². The van der Waals surface area contributed by atoms with Crippen LogP contribution in [0.5, 0.6) is 0 Å². The molecule has 0 saturated heterocycles. The first kappa shape index (κ1) is 15.2. The van der Waals surface area contributed by atoms with Gasteiger partial charge in [-0.05, 0) is 48.5 Å². The molecule has 1 heterocycles. The number of ether oxygens (including phenoxy) is 1. The molecule has 5 nitrogen and oxygen atoms in total. The molecule has 2 aliphatic rings. The van der Waals surface area contributed by atoms with Gasteiger partial charge in [0.05, 0.1) is 4.88 Å². The number of nitrogens with one attached hydrogen (secondary N) is 1. The third kappa shape index (κ3) is 3.55. The summed E-state index contributed by atoms with van der Waals surface area (Å²) in [5.74, 6) is 0.489. The molecule has 3 rings (SSSR count). The molecular weight excluding hydrogens is 302 g/mol. The molecule has 3 atom stereocenters. The van der Waals surface area contributed by atoms with Crippen LogP contribution in [0, 0.1) is 17.8 Å². The molecule has 2 fully saturated rings. The maximum Gasteiger partial charge on any atom is 0.306 e. The molecule has 2 saturated carbocycles. The Kier molecular flexibility index (Phi) is 4.57. The lowest BCUT2D eigenvalue weighted by atomic mass is 9.86. The number of hydrogen-bond acceptors (Lipinski definition) is 5. The molecular formula is C16H19NO4S. The van der Waals surface area contributed by atoms with E-state index in [2.05, 4.69) is 5.32 Å². The van der Waals surface area contributed by atoms with Crippen LogP contribution in [-0.4, -0.2) is 24.4 Å². The Balaban J connectivity index is 1.37.